The minimum atomic E-state index is -0.131. The van der Waals surface area contributed by atoms with Gasteiger partial charge in [0.25, 0.3) is 0 Å². The van der Waals surface area contributed by atoms with Gasteiger partial charge in [-0.2, -0.15) is 0 Å². The van der Waals surface area contributed by atoms with E-state index in [1.54, 1.807) is 10.9 Å². The number of amides is 2. The first kappa shape index (κ1) is 20.0. The Morgan fingerprint density at radius 2 is 1.92 bits per heavy atom. The predicted molar refractivity (Wildman–Crippen MR) is 104 cm³/mol. The van der Waals surface area contributed by atoms with Crippen LogP contribution >= 0.6 is 11.8 Å². The van der Waals surface area contributed by atoms with E-state index in [1.807, 2.05) is 56.9 Å². The van der Waals surface area contributed by atoms with Crippen LogP contribution in [0.3, 0.4) is 0 Å². The zero-order valence-electron chi connectivity index (χ0n) is 15.8. The van der Waals surface area contributed by atoms with E-state index in [9.17, 15) is 9.59 Å². The quantitative estimate of drug-likeness (QED) is 0.753. The van der Waals surface area contributed by atoms with Crippen molar-refractivity contribution in [1.82, 2.24) is 19.7 Å². The summed E-state index contributed by atoms with van der Waals surface area (Å²) < 4.78 is 1.80. The molecule has 1 aromatic carbocycles. The summed E-state index contributed by atoms with van der Waals surface area (Å²) in [7, 11) is 0. The fraction of sp³-hybridized carbons (Fsp3) is 0.444. The molecule has 0 saturated carbocycles. The fourth-order valence-electron chi connectivity index (χ4n) is 2.81. The summed E-state index contributed by atoms with van der Waals surface area (Å²) in [5, 5.41) is 11.5. The lowest BCUT2D eigenvalue weighted by atomic mass is 10.2. The average molecular weight is 375 g/mol. The molecule has 26 heavy (non-hydrogen) atoms. The molecule has 1 aromatic heterocycles. The number of carbonyl (C=O) groups excluding carboxylic acids is 2. The zero-order chi connectivity index (χ0) is 19.3. The van der Waals surface area contributed by atoms with Crippen molar-refractivity contribution in [3.8, 4) is 5.69 Å². The van der Waals surface area contributed by atoms with E-state index >= 15 is 0 Å². The van der Waals surface area contributed by atoms with Gasteiger partial charge in [-0.1, -0.05) is 17.8 Å². The molecule has 0 aliphatic heterocycles. The first-order valence-electron chi connectivity index (χ1n) is 8.51. The Hall–Kier alpha value is -2.35. The Bertz CT molecular complexity index is 764. The third kappa shape index (κ3) is 5.08. The molecular formula is C18H25N5O2S. The first-order chi connectivity index (χ1) is 12.3. The molecule has 7 nitrogen and oxygen atoms in total. The fourth-order valence-corrected chi connectivity index (χ4v) is 3.61. The smallest absolute Gasteiger partial charge is 0.233 e. The summed E-state index contributed by atoms with van der Waals surface area (Å²) in [6.07, 6.45) is 1.60. The highest BCUT2D eigenvalue weighted by Crippen LogP contribution is 2.22. The van der Waals surface area contributed by atoms with Gasteiger partial charge in [0.2, 0.25) is 11.8 Å². The third-order valence-electron chi connectivity index (χ3n) is 3.69. The molecule has 2 aromatic rings. The van der Waals surface area contributed by atoms with Crippen molar-refractivity contribution in [2.75, 3.05) is 11.1 Å². The predicted octanol–water partition coefficient (Wildman–Crippen LogP) is 2.96. The minimum Gasteiger partial charge on any atom is -0.337 e. The van der Waals surface area contributed by atoms with E-state index in [2.05, 4.69) is 15.5 Å². The van der Waals surface area contributed by atoms with E-state index in [1.165, 1.54) is 18.7 Å². The Morgan fingerprint density at radius 1 is 1.23 bits per heavy atom. The number of hydrogen-bond donors (Lipinski definition) is 1. The number of nitrogens with zero attached hydrogens (tertiary/aromatic N) is 4. The maximum atomic E-state index is 12.5. The van der Waals surface area contributed by atoms with Gasteiger partial charge in [0, 0.05) is 24.7 Å². The topological polar surface area (TPSA) is 80.1 Å². The molecule has 0 atom stereocenters. The number of carbonyl (C=O) groups is 2. The van der Waals surface area contributed by atoms with Gasteiger partial charge in [0.15, 0.2) is 5.16 Å². The second-order valence-corrected chi connectivity index (χ2v) is 7.43. The normalized spacial score (nSPS) is 11.0. The molecule has 2 rings (SSSR count). The lowest BCUT2D eigenvalue weighted by Crippen LogP contribution is -2.43. The highest BCUT2D eigenvalue weighted by molar-refractivity contribution is 7.99. The Labute approximate surface area is 158 Å². The number of rotatable bonds is 7. The monoisotopic (exact) mass is 375 g/mol. The lowest BCUT2D eigenvalue weighted by molar-refractivity contribution is -0.131. The van der Waals surface area contributed by atoms with Crippen molar-refractivity contribution >= 4 is 29.3 Å². The lowest BCUT2D eigenvalue weighted by Gasteiger charge is -2.30. The largest absolute Gasteiger partial charge is 0.337 e. The van der Waals surface area contributed by atoms with Crippen LogP contribution in [0.25, 0.3) is 5.69 Å². The number of aromatic nitrogens is 3. The summed E-state index contributed by atoms with van der Waals surface area (Å²) in [5.74, 6) is 0.232. The van der Waals surface area contributed by atoms with E-state index in [-0.39, 0.29) is 23.9 Å². The van der Waals surface area contributed by atoms with Crippen LogP contribution in [0.5, 0.6) is 0 Å². The molecule has 0 unspecified atom stereocenters. The van der Waals surface area contributed by atoms with Gasteiger partial charge in [-0.05, 0) is 45.9 Å². The molecule has 0 saturated heterocycles. The maximum Gasteiger partial charge on any atom is 0.233 e. The third-order valence-corrected chi connectivity index (χ3v) is 4.61. The second kappa shape index (κ2) is 8.84. The van der Waals surface area contributed by atoms with Crippen LogP contribution in [-0.4, -0.2) is 49.3 Å². The molecule has 1 N–H and O–H groups in total. The minimum absolute atomic E-state index is 0.0709. The van der Waals surface area contributed by atoms with Crippen LogP contribution in [0, 0.1) is 0 Å². The van der Waals surface area contributed by atoms with Gasteiger partial charge in [0.05, 0.1) is 11.4 Å². The number of benzene rings is 1. The standard InChI is InChI=1S/C18H25N5O2S/c1-12(2)23(13(3)4)17(25)10-26-18-21-19-11-22(18)16-8-6-7-15(9-16)20-14(5)24/h6-9,11-13H,10H2,1-5H3,(H,20,24). The van der Waals surface area contributed by atoms with Crippen LogP contribution in [0.15, 0.2) is 35.7 Å². The van der Waals surface area contributed by atoms with Crippen molar-refractivity contribution in [2.24, 2.45) is 0 Å². The zero-order valence-corrected chi connectivity index (χ0v) is 16.6. The Kier molecular flexibility index (Phi) is 6.79. The molecule has 140 valence electrons. The summed E-state index contributed by atoms with van der Waals surface area (Å²) in [4.78, 5) is 25.7. The van der Waals surface area contributed by atoms with Gasteiger partial charge in [-0.15, -0.1) is 10.2 Å². The number of anilines is 1. The molecule has 0 bridgehead atoms. The highest BCUT2D eigenvalue weighted by atomic mass is 32.2. The number of hydrogen-bond acceptors (Lipinski definition) is 5. The van der Waals surface area contributed by atoms with Crippen LogP contribution < -0.4 is 5.32 Å². The molecule has 0 aliphatic carbocycles. The molecular weight excluding hydrogens is 350 g/mol. The highest BCUT2D eigenvalue weighted by Gasteiger charge is 2.21. The second-order valence-electron chi connectivity index (χ2n) is 6.49. The van der Waals surface area contributed by atoms with Crippen LogP contribution in [0.4, 0.5) is 5.69 Å². The van der Waals surface area contributed by atoms with E-state index in [4.69, 9.17) is 0 Å². The summed E-state index contributed by atoms with van der Waals surface area (Å²) in [6, 6.07) is 7.69. The number of thioether (sulfide) groups is 1. The molecule has 0 fully saturated rings. The molecule has 0 radical (unpaired) electrons. The molecule has 2 amide bonds. The average Bonchev–Trinajstić information content (AvgIpc) is 3.00. The van der Waals surface area contributed by atoms with E-state index in [0.29, 0.717) is 16.6 Å². The molecule has 1 heterocycles. The van der Waals surface area contributed by atoms with Crippen molar-refractivity contribution in [3.05, 3.63) is 30.6 Å². The molecule has 0 aliphatic rings. The summed E-state index contributed by atoms with van der Waals surface area (Å²) >= 11 is 1.35. The van der Waals surface area contributed by atoms with Gasteiger partial charge < -0.3 is 10.2 Å². The van der Waals surface area contributed by atoms with Crippen LogP contribution in [0.2, 0.25) is 0 Å². The van der Waals surface area contributed by atoms with Crippen molar-refractivity contribution in [2.45, 2.75) is 51.9 Å². The van der Waals surface area contributed by atoms with Crippen LogP contribution in [-0.2, 0) is 9.59 Å². The van der Waals surface area contributed by atoms with Crippen molar-refractivity contribution in [1.29, 1.82) is 0 Å². The van der Waals surface area contributed by atoms with E-state index < -0.39 is 0 Å². The summed E-state index contributed by atoms with van der Waals surface area (Å²) in [5.41, 5.74) is 1.52. The Balaban J connectivity index is 2.14. The van der Waals surface area contributed by atoms with Gasteiger partial charge >= 0.3 is 0 Å². The molecule has 0 spiro atoms. The first-order valence-corrected chi connectivity index (χ1v) is 9.50. The Morgan fingerprint density at radius 3 is 2.54 bits per heavy atom. The van der Waals surface area contributed by atoms with E-state index in [0.717, 1.165) is 5.69 Å². The number of nitrogens with one attached hydrogen (secondary N) is 1. The van der Waals surface area contributed by atoms with Crippen molar-refractivity contribution in [3.63, 3.8) is 0 Å². The summed E-state index contributed by atoms with van der Waals surface area (Å²) in [6.45, 7) is 9.52. The molecule has 8 heteroatoms. The van der Waals surface area contributed by atoms with Crippen molar-refractivity contribution < 1.29 is 9.59 Å². The van der Waals surface area contributed by atoms with Crippen LogP contribution in [0.1, 0.15) is 34.6 Å². The maximum absolute atomic E-state index is 12.5. The van der Waals surface area contributed by atoms with Gasteiger partial charge in [0.1, 0.15) is 6.33 Å². The SMILES string of the molecule is CC(=O)Nc1cccc(-n2cnnc2SCC(=O)N(C(C)C)C(C)C)c1. The van der Waals surface area contributed by atoms with Gasteiger partial charge in [-0.25, -0.2) is 0 Å². The van der Waals surface area contributed by atoms with Gasteiger partial charge in [-0.3, -0.25) is 14.2 Å².